The molecule has 1 saturated carbocycles. The van der Waals surface area contributed by atoms with Gasteiger partial charge in [0.1, 0.15) is 5.60 Å². The minimum Gasteiger partial charge on any atom is -0.388 e. The van der Waals surface area contributed by atoms with Crippen LogP contribution in [0.2, 0.25) is 0 Å². The maximum Gasteiger partial charge on any atom is 0.258 e. The Bertz CT molecular complexity index is 571. The van der Waals surface area contributed by atoms with Gasteiger partial charge in [-0.25, -0.2) is 0 Å². The van der Waals surface area contributed by atoms with Crippen molar-refractivity contribution in [2.75, 3.05) is 19.5 Å². The number of benzene rings is 1. The van der Waals surface area contributed by atoms with Crippen LogP contribution >= 0.6 is 0 Å². The largest absolute Gasteiger partial charge is 0.388 e. The van der Waals surface area contributed by atoms with Gasteiger partial charge in [-0.15, -0.1) is 0 Å². The summed E-state index contributed by atoms with van der Waals surface area (Å²) in [6.07, 6.45) is 4.21. The van der Waals surface area contributed by atoms with Crippen molar-refractivity contribution in [2.24, 2.45) is 0 Å². The standard InChI is InChI=1S/C15H19N3O2/c1-16-12-7-5-11(6-8-12)13-17-14(18-20-13)15(19-2)9-3-4-10-15/h5-8,16H,3-4,9-10H2,1-2H3. The highest BCUT2D eigenvalue weighted by molar-refractivity contribution is 5.58. The molecule has 1 heterocycles. The van der Waals surface area contributed by atoms with Gasteiger partial charge in [0.25, 0.3) is 5.89 Å². The summed E-state index contributed by atoms with van der Waals surface area (Å²) < 4.78 is 11.1. The van der Waals surface area contributed by atoms with Crippen LogP contribution in [0.15, 0.2) is 28.8 Å². The van der Waals surface area contributed by atoms with Crippen LogP contribution in [0, 0.1) is 0 Å². The summed E-state index contributed by atoms with van der Waals surface area (Å²) in [7, 11) is 3.62. The number of nitrogens with zero attached hydrogens (tertiary/aromatic N) is 2. The number of nitrogens with one attached hydrogen (secondary N) is 1. The molecule has 1 N–H and O–H groups in total. The third-order valence-corrected chi connectivity index (χ3v) is 4.06. The predicted molar refractivity (Wildman–Crippen MR) is 76.4 cm³/mol. The van der Waals surface area contributed by atoms with Crippen molar-refractivity contribution in [3.05, 3.63) is 30.1 Å². The molecule has 1 aromatic carbocycles. The van der Waals surface area contributed by atoms with E-state index in [9.17, 15) is 0 Å². The number of hydrogen-bond donors (Lipinski definition) is 1. The van der Waals surface area contributed by atoms with Gasteiger partial charge >= 0.3 is 0 Å². The number of hydrogen-bond acceptors (Lipinski definition) is 5. The van der Waals surface area contributed by atoms with Crippen molar-refractivity contribution >= 4 is 5.69 Å². The Morgan fingerprint density at radius 3 is 2.50 bits per heavy atom. The smallest absolute Gasteiger partial charge is 0.258 e. The second kappa shape index (κ2) is 5.25. The first-order valence-corrected chi connectivity index (χ1v) is 6.95. The second-order valence-electron chi connectivity index (χ2n) is 5.16. The summed E-state index contributed by atoms with van der Waals surface area (Å²) >= 11 is 0. The minimum absolute atomic E-state index is 0.354. The van der Waals surface area contributed by atoms with Gasteiger partial charge in [-0.2, -0.15) is 4.98 Å². The molecule has 0 unspecified atom stereocenters. The number of aromatic nitrogens is 2. The molecule has 1 fully saturated rings. The monoisotopic (exact) mass is 273 g/mol. The molecule has 5 nitrogen and oxygen atoms in total. The highest BCUT2D eigenvalue weighted by Gasteiger charge is 2.40. The maximum atomic E-state index is 5.68. The average molecular weight is 273 g/mol. The van der Waals surface area contributed by atoms with Crippen molar-refractivity contribution in [1.29, 1.82) is 0 Å². The maximum absolute atomic E-state index is 5.68. The lowest BCUT2D eigenvalue weighted by atomic mass is 10.0. The average Bonchev–Trinajstić information content (AvgIpc) is 3.17. The molecule has 0 spiro atoms. The van der Waals surface area contributed by atoms with E-state index in [0.29, 0.717) is 11.7 Å². The molecule has 0 atom stereocenters. The first-order chi connectivity index (χ1) is 9.77. The molecule has 1 aromatic heterocycles. The van der Waals surface area contributed by atoms with E-state index in [1.165, 1.54) is 0 Å². The van der Waals surface area contributed by atoms with Crippen LogP contribution in [0.1, 0.15) is 31.5 Å². The minimum atomic E-state index is -0.354. The summed E-state index contributed by atoms with van der Waals surface area (Å²) in [5.41, 5.74) is 1.62. The SMILES string of the molecule is CNc1ccc(-c2nc(C3(OC)CCCC3)no2)cc1. The number of anilines is 1. The highest BCUT2D eigenvalue weighted by Crippen LogP contribution is 2.40. The molecule has 0 aliphatic heterocycles. The summed E-state index contributed by atoms with van der Waals surface area (Å²) in [6.45, 7) is 0. The zero-order valence-corrected chi connectivity index (χ0v) is 11.8. The van der Waals surface area contributed by atoms with E-state index < -0.39 is 0 Å². The Balaban J connectivity index is 1.89. The topological polar surface area (TPSA) is 60.2 Å². The van der Waals surface area contributed by atoms with Crippen molar-refractivity contribution in [1.82, 2.24) is 10.1 Å². The van der Waals surface area contributed by atoms with Gasteiger partial charge < -0.3 is 14.6 Å². The molecule has 5 heteroatoms. The van der Waals surface area contributed by atoms with Crippen LogP contribution in [0.25, 0.3) is 11.5 Å². The fourth-order valence-electron chi connectivity index (χ4n) is 2.77. The van der Waals surface area contributed by atoms with E-state index in [-0.39, 0.29) is 5.60 Å². The van der Waals surface area contributed by atoms with Gasteiger partial charge in [-0.05, 0) is 49.9 Å². The van der Waals surface area contributed by atoms with Gasteiger partial charge in [-0.1, -0.05) is 5.16 Å². The Labute approximate surface area is 118 Å². The fourth-order valence-corrected chi connectivity index (χ4v) is 2.77. The highest BCUT2D eigenvalue weighted by atomic mass is 16.5. The lowest BCUT2D eigenvalue weighted by Gasteiger charge is -2.22. The first kappa shape index (κ1) is 13.1. The summed E-state index contributed by atoms with van der Waals surface area (Å²) in [5.74, 6) is 1.22. The van der Waals surface area contributed by atoms with Gasteiger partial charge in [-0.3, -0.25) is 0 Å². The molecule has 0 amide bonds. The first-order valence-electron chi connectivity index (χ1n) is 6.95. The molecular weight excluding hydrogens is 254 g/mol. The van der Waals surface area contributed by atoms with Crippen molar-refractivity contribution < 1.29 is 9.26 Å². The lowest BCUT2D eigenvalue weighted by molar-refractivity contribution is -0.0178. The van der Waals surface area contributed by atoms with Crippen LogP contribution in [0.4, 0.5) is 5.69 Å². The van der Waals surface area contributed by atoms with Crippen LogP contribution in [0.5, 0.6) is 0 Å². The zero-order chi connectivity index (χ0) is 14.0. The van der Waals surface area contributed by atoms with Crippen LogP contribution in [-0.4, -0.2) is 24.3 Å². The molecule has 3 rings (SSSR count). The van der Waals surface area contributed by atoms with Gasteiger partial charge in [0.2, 0.25) is 5.82 Å². The van der Waals surface area contributed by atoms with E-state index in [2.05, 4.69) is 15.5 Å². The molecule has 20 heavy (non-hydrogen) atoms. The summed E-state index contributed by atoms with van der Waals surface area (Å²) in [4.78, 5) is 4.54. The molecule has 0 bridgehead atoms. The van der Waals surface area contributed by atoms with E-state index in [1.807, 2.05) is 31.3 Å². The molecule has 106 valence electrons. The quantitative estimate of drug-likeness (QED) is 0.927. The normalized spacial score (nSPS) is 17.3. The molecule has 0 radical (unpaired) electrons. The molecule has 0 saturated heterocycles. The summed E-state index contributed by atoms with van der Waals surface area (Å²) in [5, 5.41) is 7.22. The van der Waals surface area contributed by atoms with Crippen LogP contribution in [0.3, 0.4) is 0 Å². The van der Waals surface area contributed by atoms with Crippen molar-refractivity contribution in [3.8, 4) is 11.5 Å². The predicted octanol–water partition coefficient (Wildman–Crippen LogP) is 3.19. The number of rotatable bonds is 4. The van der Waals surface area contributed by atoms with Gasteiger partial charge in [0.05, 0.1) is 0 Å². The lowest BCUT2D eigenvalue weighted by Crippen LogP contribution is -2.25. The third kappa shape index (κ3) is 2.18. The van der Waals surface area contributed by atoms with E-state index in [4.69, 9.17) is 9.26 Å². The van der Waals surface area contributed by atoms with Gasteiger partial charge in [0.15, 0.2) is 0 Å². The Morgan fingerprint density at radius 2 is 1.90 bits per heavy atom. The van der Waals surface area contributed by atoms with E-state index >= 15 is 0 Å². The summed E-state index contributed by atoms with van der Waals surface area (Å²) in [6, 6.07) is 7.91. The Morgan fingerprint density at radius 1 is 1.20 bits per heavy atom. The van der Waals surface area contributed by atoms with Crippen molar-refractivity contribution in [2.45, 2.75) is 31.3 Å². The zero-order valence-electron chi connectivity index (χ0n) is 11.8. The fraction of sp³-hybridized carbons (Fsp3) is 0.467. The number of methoxy groups -OCH3 is 1. The van der Waals surface area contributed by atoms with Gasteiger partial charge in [0, 0.05) is 25.4 Å². The Hall–Kier alpha value is -1.88. The molecule has 1 aliphatic rings. The van der Waals surface area contributed by atoms with E-state index in [0.717, 1.165) is 36.9 Å². The van der Waals surface area contributed by atoms with Crippen LogP contribution in [-0.2, 0) is 10.3 Å². The molecular formula is C15H19N3O2. The van der Waals surface area contributed by atoms with Crippen LogP contribution < -0.4 is 5.32 Å². The molecule has 2 aromatic rings. The number of ether oxygens (including phenoxy) is 1. The van der Waals surface area contributed by atoms with E-state index in [1.54, 1.807) is 7.11 Å². The third-order valence-electron chi connectivity index (χ3n) is 4.06. The Kier molecular flexibility index (Phi) is 3.44. The second-order valence-corrected chi connectivity index (χ2v) is 5.16. The molecule has 1 aliphatic carbocycles. The van der Waals surface area contributed by atoms with Crippen molar-refractivity contribution in [3.63, 3.8) is 0 Å².